The second-order valence-corrected chi connectivity index (χ2v) is 7.00. The monoisotopic (exact) mass is 393 g/mol. The van der Waals surface area contributed by atoms with Crippen LogP contribution >= 0.6 is 0 Å². The largest absolute Gasteiger partial charge is 0.380 e. The van der Waals surface area contributed by atoms with E-state index in [1.54, 1.807) is 22.9 Å². The van der Waals surface area contributed by atoms with Crippen molar-refractivity contribution >= 4 is 17.3 Å². The summed E-state index contributed by atoms with van der Waals surface area (Å²) in [6.07, 6.45) is 4.63. The number of nitro benzene ring substituents is 1. The number of hydrogen-bond acceptors (Lipinski definition) is 5. The fourth-order valence-electron chi connectivity index (χ4n) is 2.94. The summed E-state index contributed by atoms with van der Waals surface area (Å²) in [5, 5.41) is 17.8. The molecule has 1 atom stereocenters. The Kier molecular flexibility index (Phi) is 6.23. The summed E-state index contributed by atoms with van der Waals surface area (Å²) in [6, 6.07) is 14.2. The third-order valence-electron chi connectivity index (χ3n) is 4.63. The summed E-state index contributed by atoms with van der Waals surface area (Å²) in [4.78, 5) is 27.5. The Labute approximate surface area is 168 Å². The summed E-state index contributed by atoms with van der Waals surface area (Å²) in [7, 11) is 0. The van der Waals surface area contributed by atoms with Crippen LogP contribution in [-0.4, -0.2) is 33.0 Å². The molecule has 0 aliphatic carbocycles. The van der Waals surface area contributed by atoms with E-state index in [2.05, 4.69) is 29.5 Å². The lowest BCUT2D eigenvalue weighted by Gasteiger charge is -2.24. The lowest BCUT2D eigenvalue weighted by atomic mass is 10.0. The van der Waals surface area contributed by atoms with Crippen LogP contribution in [0.25, 0.3) is 5.69 Å². The van der Waals surface area contributed by atoms with Crippen LogP contribution in [0.15, 0.2) is 67.3 Å². The Morgan fingerprint density at radius 1 is 1.21 bits per heavy atom. The van der Waals surface area contributed by atoms with Gasteiger partial charge in [0, 0.05) is 42.3 Å². The van der Waals surface area contributed by atoms with Crippen molar-refractivity contribution in [3.05, 3.63) is 82.9 Å². The molecule has 150 valence electrons. The van der Waals surface area contributed by atoms with Gasteiger partial charge in [-0.15, -0.1) is 0 Å². The van der Waals surface area contributed by atoms with Crippen molar-refractivity contribution < 1.29 is 9.72 Å². The minimum absolute atomic E-state index is 0.0153. The van der Waals surface area contributed by atoms with Gasteiger partial charge in [-0.05, 0) is 30.2 Å². The van der Waals surface area contributed by atoms with Gasteiger partial charge >= 0.3 is 0 Å². The van der Waals surface area contributed by atoms with E-state index in [-0.39, 0.29) is 29.1 Å². The number of aromatic nitrogens is 2. The smallest absolute Gasteiger partial charge is 0.294 e. The molecule has 3 aromatic rings. The maximum absolute atomic E-state index is 12.6. The van der Waals surface area contributed by atoms with E-state index in [1.807, 2.05) is 30.3 Å². The first-order valence-corrected chi connectivity index (χ1v) is 9.32. The number of benzene rings is 2. The fourth-order valence-corrected chi connectivity index (χ4v) is 2.94. The molecule has 29 heavy (non-hydrogen) atoms. The van der Waals surface area contributed by atoms with Crippen molar-refractivity contribution in [2.24, 2.45) is 5.92 Å². The number of nitrogens with one attached hydrogen (secondary N) is 2. The van der Waals surface area contributed by atoms with Crippen LogP contribution in [0.1, 0.15) is 24.2 Å². The van der Waals surface area contributed by atoms with Crippen molar-refractivity contribution in [2.45, 2.75) is 19.9 Å². The SMILES string of the molecule is CC(C)C(CNC(=O)c1ccc(-n2ccnc2)c([N+](=O)[O-])c1)Nc1ccccc1. The van der Waals surface area contributed by atoms with Gasteiger partial charge in [0.25, 0.3) is 11.6 Å². The van der Waals surface area contributed by atoms with Crippen LogP contribution in [0, 0.1) is 16.0 Å². The Hall–Kier alpha value is -3.68. The normalized spacial score (nSPS) is 11.8. The number of nitrogens with zero attached hydrogens (tertiary/aromatic N) is 3. The maximum Gasteiger partial charge on any atom is 0.294 e. The zero-order chi connectivity index (χ0) is 20.8. The van der Waals surface area contributed by atoms with Gasteiger partial charge in [-0.25, -0.2) is 4.98 Å². The molecule has 0 saturated heterocycles. The van der Waals surface area contributed by atoms with E-state index in [0.29, 0.717) is 12.2 Å². The number of amides is 1. The zero-order valence-corrected chi connectivity index (χ0v) is 16.3. The van der Waals surface area contributed by atoms with Crippen molar-refractivity contribution in [2.75, 3.05) is 11.9 Å². The third kappa shape index (κ3) is 4.98. The van der Waals surface area contributed by atoms with Crippen LogP contribution in [0.4, 0.5) is 11.4 Å². The van der Waals surface area contributed by atoms with Gasteiger partial charge in [-0.2, -0.15) is 0 Å². The standard InChI is InChI=1S/C21H23N5O3/c1-15(2)18(24-17-6-4-3-5-7-17)13-23-21(27)16-8-9-19(20(12-16)26(28)29)25-11-10-22-14-25/h3-12,14-15,18,24H,13H2,1-2H3,(H,23,27). The lowest BCUT2D eigenvalue weighted by molar-refractivity contribution is -0.384. The van der Waals surface area contributed by atoms with E-state index in [4.69, 9.17) is 0 Å². The molecule has 0 bridgehead atoms. The molecule has 1 aromatic heterocycles. The quantitative estimate of drug-likeness (QED) is 0.449. The average molecular weight is 393 g/mol. The Morgan fingerprint density at radius 2 is 1.97 bits per heavy atom. The van der Waals surface area contributed by atoms with Gasteiger partial charge in [-0.3, -0.25) is 14.9 Å². The van der Waals surface area contributed by atoms with Crippen LogP contribution in [0.5, 0.6) is 0 Å². The maximum atomic E-state index is 12.6. The van der Waals surface area contributed by atoms with Crippen LogP contribution in [0.3, 0.4) is 0 Å². The van der Waals surface area contributed by atoms with Crippen LogP contribution in [-0.2, 0) is 0 Å². The van der Waals surface area contributed by atoms with Crippen molar-refractivity contribution in [3.63, 3.8) is 0 Å². The molecule has 0 spiro atoms. The number of rotatable bonds is 8. The molecular weight excluding hydrogens is 370 g/mol. The fraction of sp³-hybridized carbons (Fsp3) is 0.238. The van der Waals surface area contributed by atoms with Gasteiger partial charge in [0.1, 0.15) is 5.69 Å². The van der Waals surface area contributed by atoms with Crippen molar-refractivity contribution in [1.29, 1.82) is 0 Å². The number of imidazole rings is 1. The summed E-state index contributed by atoms with van der Waals surface area (Å²) in [5.41, 5.74) is 1.41. The van der Waals surface area contributed by atoms with Crippen molar-refractivity contribution in [1.82, 2.24) is 14.9 Å². The lowest BCUT2D eigenvalue weighted by Crippen LogP contribution is -2.39. The van der Waals surface area contributed by atoms with Crippen molar-refractivity contribution in [3.8, 4) is 5.69 Å². The molecule has 0 radical (unpaired) electrons. The number of anilines is 1. The number of nitro groups is 1. The predicted molar refractivity (Wildman–Crippen MR) is 111 cm³/mol. The molecule has 3 rings (SSSR count). The Morgan fingerprint density at radius 3 is 2.59 bits per heavy atom. The number of para-hydroxylation sites is 1. The molecule has 8 nitrogen and oxygen atoms in total. The van der Waals surface area contributed by atoms with Gasteiger partial charge < -0.3 is 15.2 Å². The molecule has 2 aromatic carbocycles. The molecular formula is C21H23N5O3. The first kappa shape index (κ1) is 20.1. The number of carbonyl (C=O) groups excluding carboxylic acids is 1. The molecule has 1 amide bonds. The highest BCUT2D eigenvalue weighted by molar-refractivity contribution is 5.95. The zero-order valence-electron chi connectivity index (χ0n) is 16.3. The van der Waals surface area contributed by atoms with E-state index < -0.39 is 4.92 Å². The molecule has 1 heterocycles. The van der Waals surface area contributed by atoms with Gasteiger partial charge in [-0.1, -0.05) is 32.0 Å². The first-order valence-electron chi connectivity index (χ1n) is 9.32. The topological polar surface area (TPSA) is 102 Å². The molecule has 0 saturated carbocycles. The summed E-state index contributed by atoms with van der Waals surface area (Å²) in [6.45, 7) is 4.53. The highest BCUT2D eigenvalue weighted by atomic mass is 16.6. The Bertz CT molecular complexity index is 971. The second kappa shape index (κ2) is 9.01. The van der Waals surface area contributed by atoms with E-state index in [1.165, 1.54) is 18.6 Å². The van der Waals surface area contributed by atoms with Crippen LogP contribution in [0.2, 0.25) is 0 Å². The predicted octanol–water partition coefficient (Wildman–Crippen LogP) is 3.65. The van der Waals surface area contributed by atoms with Gasteiger partial charge in [0.05, 0.1) is 11.3 Å². The van der Waals surface area contributed by atoms with Gasteiger partial charge in [0.2, 0.25) is 0 Å². The molecule has 0 fully saturated rings. The average Bonchev–Trinajstić information content (AvgIpc) is 3.25. The van der Waals surface area contributed by atoms with E-state index in [0.717, 1.165) is 5.69 Å². The summed E-state index contributed by atoms with van der Waals surface area (Å²) < 4.78 is 1.54. The Balaban J connectivity index is 1.72. The molecule has 1 unspecified atom stereocenters. The minimum atomic E-state index is -0.500. The number of carbonyl (C=O) groups is 1. The molecule has 2 N–H and O–H groups in total. The third-order valence-corrected chi connectivity index (χ3v) is 4.63. The van der Waals surface area contributed by atoms with Crippen LogP contribution < -0.4 is 10.6 Å². The van der Waals surface area contributed by atoms with E-state index >= 15 is 0 Å². The highest BCUT2D eigenvalue weighted by Gasteiger charge is 2.20. The summed E-state index contributed by atoms with van der Waals surface area (Å²) >= 11 is 0. The van der Waals surface area contributed by atoms with Gasteiger partial charge in [0.15, 0.2) is 0 Å². The highest BCUT2D eigenvalue weighted by Crippen LogP contribution is 2.24. The van der Waals surface area contributed by atoms with E-state index in [9.17, 15) is 14.9 Å². The molecule has 0 aliphatic heterocycles. The first-order chi connectivity index (χ1) is 14.0. The molecule has 8 heteroatoms. The second-order valence-electron chi connectivity index (χ2n) is 7.00. The number of hydrogen-bond donors (Lipinski definition) is 2. The molecule has 0 aliphatic rings. The minimum Gasteiger partial charge on any atom is -0.380 e. The summed E-state index contributed by atoms with van der Waals surface area (Å²) in [5.74, 6) is -0.0840.